The van der Waals surface area contributed by atoms with E-state index in [1.165, 1.54) is 12.4 Å². The summed E-state index contributed by atoms with van der Waals surface area (Å²) in [5.41, 5.74) is -1.90. The largest absolute Gasteiger partial charge is 0.480 e. The first kappa shape index (κ1) is 23.4. The van der Waals surface area contributed by atoms with Gasteiger partial charge in [0.15, 0.2) is 0 Å². The summed E-state index contributed by atoms with van der Waals surface area (Å²) in [5, 5.41) is 18.2. The second kappa shape index (κ2) is 8.12. The summed E-state index contributed by atoms with van der Waals surface area (Å²) in [4.78, 5) is 10.3. The van der Waals surface area contributed by atoms with E-state index in [0.29, 0.717) is 6.07 Å². The molecular weight excluding hydrogens is 423 g/mol. The van der Waals surface area contributed by atoms with Gasteiger partial charge in [-0.1, -0.05) is 20.8 Å². The molecule has 2 aromatic rings. The number of carbonyl (C=O) groups is 1. The molecule has 0 saturated carbocycles. The average Bonchev–Trinajstić information content (AvgIpc) is 3.00. The first-order chi connectivity index (χ1) is 13.6. The molecule has 0 unspecified atom stereocenters. The molecule has 7 nitrogen and oxygen atoms in total. The molecule has 1 aromatic heterocycles. The number of aromatic nitrogens is 1. The summed E-state index contributed by atoms with van der Waals surface area (Å²) in [6.07, 6.45) is -2.46. The SMILES string of the molecule is CC(C)(C)CNS(=O)(=O)c1cc(-c2cn(CC(=O)O)cc2C#N)cc(C(F)(F)F)c1. The maximum Gasteiger partial charge on any atom is 0.416 e. The molecule has 0 bridgehead atoms. The number of carboxylic acid groups (broad SMARTS) is 1. The van der Waals surface area contributed by atoms with Gasteiger partial charge in [-0.15, -0.1) is 0 Å². The number of aliphatic carboxylic acids is 1. The van der Waals surface area contributed by atoms with Gasteiger partial charge in [0.05, 0.1) is 16.0 Å². The highest BCUT2D eigenvalue weighted by Crippen LogP contribution is 2.36. The Bertz CT molecular complexity index is 1110. The van der Waals surface area contributed by atoms with E-state index < -0.39 is 44.6 Å². The van der Waals surface area contributed by atoms with Crippen LogP contribution in [0.5, 0.6) is 0 Å². The molecule has 0 saturated heterocycles. The van der Waals surface area contributed by atoms with E-state index in [9.17, 15) is 31.6 Å². The van der Waals surface area contributed by atoms with E-state index in [1.807, 2.05) is 0 Å². The Balaban J connectivity index is 2.65. The highest BCUT2D eigenvalue weighted by Gasteiger charge is 2.33. The smallest absolute Gasteiger partial charge is 0.416 e. The Kier molecular flexibility index (Phi) is 6.34. The summed E-state index contributed by atoms with van der Waals surface area (Å²) < 4.78 is 68.9. The third kappa shape index (κ3) is 5.84. The summed E-state index contributed by atoms with van der Waals surface area (Å²) in [7, 11) is -4.27. The number of halogens is 3. The van der Waals surface area contributed by atoms with Gasteiger partial charge in [-0.2, -0.15) is 18.4 Å². The zero-order valence-electron chi connectivity index (χ0n) is 16.4. The summed E-state index contributed by atoms with van der Waals surface area (Å²) >= 11 is 0. The molecule has 0 aliphatic carbocycles. The third-order valence-electron chi connectivity index (χ3n) is 3.97. The Morgan fingerprint density at radius 2 is 1.83 bits per heavy atom. The van der Waals surface area contributed by atoms with Crippen molar-refractivity contribution in [2.24, 2.45) is 5.41 Å². The third-order valence-corrected chi connectivity index (χ3v) is 5.35. The Labute approximate surface area is 171 Å². The Morgan fingerprint density at radius 1 is 1.20 bits per heavy atom. The number of hydrogen-bond acceptors (Lipinski definition) is 4. The van der Waals surface area contributed by atoms with Gasteiger partial charge in [0.1, 0.15) is 12.6 Å². The van der Waals surface area contributed by atoms with E-state index in [1.54, 1.807) is 26.8 Å². The van der Waals surface area contributed by atoms with Gasteiger partial charge in [0.25, 0.3) is 0 Å². The van der Waals surface area contributed by atoms with Gasteiger partial charge in [-0.25, -0.2) is 13.1 Å². The van der Waals surface area contributed by atoms with Crippen molar-refractivity contribution in [2.45, 2.75) is 38.4 Å². The molecule has 0 fully saturated rings. The van der Waals surface area contributed by atoms with Gasteiger partial charge < -0.3 is 9.67 Å². The summed E-state index contributed by atoms with van der Waals surface area (Å²) in [5.74, 6) is -1.21. The van der Waals surface area contributed by atoms with E-state index in [-0.39, 0.29) is 23.2 Å². The van der Waals surface area contributed by atoms with Crippen LogP contribution in [-0.4, -0.2) is 30.6 Å². The highest BCUT2D eigenvalue weighted by molar-refractivity contribution is 7.89. The standard InChI is InChI=1S/C19H20F3N3O4S/c1-18(2,3)11-24-30(28,29)15-5-12(4-14(6-15)19(20,21)22)16-9-25(10-17(26)27)8-13(16)7-23/h4-6,8-9,24H,10-11H2,1-3H3,(H,26,27). The second-order valence-corrected chi connectivity index (χ2v) is 9.66. The summed E-state index contributed by atoms with van der Waals surface area (Å²) in [6, 6.07) is 4.07. The minimum atomic E-state index is -4.83. The molecule has 2 rings (SSSR count). The van der Waals surface area contributed by atoms with Crippen LogP contribution in [0, 0.1) is 16.7 Å². The number of hydrogen-bond donors (Lipinski definition) is 2. The van der Waals surface area contributed by atoms with Gasteiger partial charge in [0.2, 0.25) is 10.0 Å². The highest BCUT2D eigenvalue weighted by atomic mass is 32.2. The number of nitrogens with zero attached hydrogens (tertiary/aromatic N) is 2. The maximum absolute atomic E-state index is 13.4. The molecule has 0 amide bonds. The fraction of sp³-hybridized carbons (Fsp3) is 0.368. The fourth-order valence-corrected chi connectivity index (χ4v) is 3.90. The molecule has 0 spiro atoms. The summed E-state index contributed by atoms with van der Waals surface area (Å²) in [6.45, 7) is 4.78. The van der Waals surface area contributed by atoms with Crippen LogP contribution in [0.3, 0.4) is 0 Å². The van der Waals surface area contributed by atoms with E-state index in [2.05, 4.69) is 4.72 Å². The lowest BCUT2D eigenvalue weighted by Gasteiger charge is -2.19. The van der Waals surface area contributed by atoms with Crippen LogP contribution in [0.15, 0.2) is 35.5 Å². The van der Waals surface area contributed by atoms with Gasteiger partial charge in [0, 0.05) is 24.5 Å². The van der Waals surface area contributed by atoms with Gasteiger partial charge in [-0.3, -0.25) is 4.79 Å². The lowest BCUT2D eigenvalue weighted by atomic mass is 9.98. The minimum absolute atomic E-state index is 0.000649. The normalized spacial score (nSPS) is 12.6. The minimum Gasteiger partial charge on any atom is -0.480 e. The number of carboxylic acids is 1. The predicted molar refractivity (Wildman–Crippen MR) is 102 cm³/mol. The monoisotopic (exact) mass is 443 g/mol. The number of rotatable bonds is 6. The van der Waals surface area contributed by atoms with E-state index in [0.717, 1.165) is 16.7 Å². The van der Waals surface area contributed by atoms with Crippen LogP contribution < -0.4 is 4.72 Å². The molecule has 0 radical (unpaired) electrons. The van der Waals surface area contributed by atoms with Crippen molar-refractivity contribution in [3.8, 4) is 17.2 Å². The second-order valence-electron chi connectivity index (χ2n) is 7.89. The van der Waals surface area contributed by atoms with Crippen molar-refractivity contribution >= 4 is 16.0 Å². The maximum atomic E-state index is 13.4. The molecule has 0 aliphatic rings. The quantitative estimate of drug-likeness (QED) is 0.710. The van der Waals surface area contributed by atoms with Crippen LogP contribution in [-0.2, 0) is 27.5 Å². The van der Waals surface area contributed by atoms with Crippen LogP contribution in [0.4, 0.5) is 13.2 Å². The molecule has 0 atom stereocenters. The van der Waals surface area contributed by atoms with Crippen LogP contribution in [0.1, 0.15) is 31.9 Å². The van der Waals surface area contributed by atoms with Crippen LogP contribution in [0.2, 0.25) is 0 Å². The fourth-order valence-electron chi connectivity index (χ4n) is 2.54. The molecule has 0 aliphatic heterocycles. The number of alkyl halides is 3. The zero-order chi connectivity index (χ0) is 22.9. The predicted octanol–water partition coefficient (Wildman–Crippen LogP) is 3.45. The Hall–Kier alpha value is -2.84. The van der Waals surface area contributed by atoms with Crippen molar-refractivity contribution in [1.82, 2.24) is 9.29 Å². The van der Waals surface area contributed by atoms with Crippen molar-refractivity contribution in [3.05, 3.63) is 41.7 Å². The van der Waals surface area contributed by atoms with Crippen molar-refractivity contribution in [1.29, 1.82) is 5.26 Å². The average molecular weight is 443 g/mol. The molecule has 11 heteroatoms. The lowest BCUT2D eigenvalue weighted by Crippen LogP contribution is -2.32. The van der Waals surface area contributed by atoms with Gasteiger partial charge in [-0.05, 0) is 29.2 Å². The molecule has 1 heterocycles. The molecule has 30 heavy (non-hydrogen) atoms. The van der Waals surface area contributed by atoms with Crippen molar-refractivity contribution in [2.75, 3.05) is 6.54 Å². The first-order valence-corrected chi connectivity index (χ1v) is 10.1. The molecule has 162 valence electrons. The first-order valence-electron chi connectivity index (χ1n) is 8.66. The van der Waals surface area contributed by atoms with Gasteiger partial charge >= 0.3 is 12.1 Å². The molecule has 2 N–H and O–H groups in total. The number of nitrogens with one attached hydrogen (secondary N) is 1. The van der Waals surface area contributed by atoms with E-state index in [4.69, 9.17) is 5.11 Å². The van der Waals surface area contributed by atoms with Crippen molar-refractivity contribution in [3.63, 3.8) is 0 Å². The zero-order valence-corrected chi connectivity index (χ0v) is 17.2. The Morgan fingerprint density at radius 3 is 2.33 bits per heavy atom. The molecule has 1 aromatic carbocycles. The lowest BCUT2D eigenvalue weighted by molar-refractivity contribution is -0.138. The number of nitriles is 1. The number of benzene rings is 1. The molecular formula is C19H20F3N3O4S. The van der Waals surface area contributed by atoms with E-state index >= 15 is 0 Å². The van der Waals surface area contributed by atoms with Crippen LogP contribution in [0.25, 0.3) is 11.1 Å². The topological polar surface area (TPSA) is 112 Å². The van der Waals surface area contributed by atoms with Crippen LogP contribution >= 0.6 is 0 Å². The van der Waals surface area contributed by atoms with Crippen molar-refractivity contribution < 1.29 is 31.5 Å². The number of sulfonamides is 1.